The van der Waals surface area contributed by atoms with E-state index >= 15 is 0 Å². The zero-order valence-corrected chi connectivity index (χ0v) is 12.2. The molecule has 0 aliphatic rings. The molecule has 0 unspecified atom stereocenters. The van der Waals surface area contributed by atoms with Crippen molar-refractivity contribution in [3.05, 3.63) is 35.6 Å². The van der Waals surface area contributed by atoms with E-state index in [1.807, 2.05) is 0 Å². The van der Waals surface area contributed by atoms with Crippen molar-refractivity contribution in [1.29, 1.82) is 0 Å². The largest absolute Gasteiger partial charge is 0.467 e. The molecule has 20 heavy (non-hydrogen) atoms. The van der Waals surface area contributed by atoms with Crippen LogP contribution in [0.4, 0.5) is 4.39 Å². The highest BCUT2D eigenvalue weighted by Crippen LogP contribution is 2.14. The molecule has 0 heterocycles. The van der Waals surface area contributed by atoms with Crippen molar-refractivity contribution < 1.29 is 18.7 Å². The lowest BCUT2D eigenvalue weighted by Crippen LogP contribution is -2.47. The van der Waals surface area contributed by atoms with Crippen molar-refractivity contribution in [2.75, 3.05) is 7.11 Å². The third-order valence-corrected chi connectivity index (χ3v) is 2.80. The SMILES string of the molecule is COC(=O)[C@@H](Cc1cccc(F)c1)NC(=O)C(C)(C)C. The normalized spacial score (nSPS) is 12.7. The molecule has 5 heteroatoms. The topological polar surface area (TPSA) is 55.4 Å². The van der Waals surface area contributed by atoms with Crippen LogP contribution in [0.15, 0.2) is 24.3 Å². The van der Waals surface area contributed by atoms with Crippen LogP contribution in [0.25, 0.3) is 0 Å². The van der Waals surface area contributed by atoms with Crippen LogP contribution in [0.3, 0.4) is 0 Å². The van der Waals surface area contributed by atoms with E-state index in [9.17, 15) is 14.0 Å². The molecular weight excluding hydrogens is 261 g/mol. The molecule has 0 bridgehead atoms. The third kappa shape index (κ3) is 4.64. The third-order valence-electron chi connectivity index (χ3n) is 2.80. The van der Waals surface area contributed by atoms with E-state index in [0.717, 1.165) is 0 Å². The molecule has 1 N–H and O–H groups in total. The summed E-state index contributed by atoms with van der Waals surface area (Å²) in [4.78, 5) is 23.7. The maximum Gasteiger partial charge on any atom is 0.328 e. The van der Waals surface area contributed by atoms with Gasteiger partial charge in [-0.3, -0.25) is 4.79 Å². The molecule has 1 aromatic rings. The number of carbonyl (C=O) groups excluding carboxylic acids is 2. The smallest absolute Gasteiger partial charge is 0.328 e. The number of methoxy groups -OCH3 is 1. The summed E-state index contributed by atoms with van der Waals surface area (Å²) in [5.41, 5.74) is 0.00315. The Hall–Kier alpha value is -1.91. The molecule has 0 spiro atoms. The van der Waals surface area contributed by atoms with Crippen LogP contribution in [-0.4, -0.2) is 25.0 Å². The summed E-state index contributed by atoms with van der Waals surface area (Å²) in [7, 11) is 1.25. The van der Waals surface area contributed by atoms with Gasteiger partial charge in [0.25, 0.3) is 0 Å². The van der Waals surface area contributed by atoms with E-state index in [1.54, 1.807) is 32.9 Å². The summed E-state index contributed by atoms with van der Waals surface area (Å²) in [6.45, 7) is 5.25. The van der Waals surface area contributed by atoms with Crippen LogP contribution >= 0.6 is 0 Å². The zero-order valence-electron chi connectivity index (χ0n) is 12.2. The number of esters is 1. The van der Waals surface area contributed by atoms with E-state index < -0.39 is 17.4 Å². The Labute approximate surface area is 118 Å². The Balaban J connectivity index is 2.85. The van der Waals surface area contributed by atoms with Crippen molar-refractivity contribution in [1.82, 2.24) is 5.32 Å². The number of hydrogen-bond acceptors (Lipinski definition) is 3. The Morgan fingerprint density at radius 2 is 2.00 bits per heavy atom. The molecule has 0 fully saturated rings. The van der Waals surface area contributed by atoms with E-state index in [-0.39, 0.29) is 18.1 Å². The van der Waals surface area contributed by atoms with Crippen molar-refractivity contribution in [2.24, 2.45) is 5.41 Å². The maximum atomic E-state index is 13.1. The van der Waals surface area contributed by atoms with Crippen LogP contribution in [-0.2, 0) is 20.7 Å². The van der Waals surface area contributed by atoms with Gasteiger partial charge in [0.15, 0.2) is 0 Å². The first kappa shape index (κ1) is 16.1. The van der Waals surface area contributed by atoms with Crippen LogP contribution in [0.2, 0.25) is 0 Å². The maximum absolute atomic E-state index is 13.1. The number of ether oxygens (including phenoxy) is 1. The molecule has 1 atom stereocenters. The van der Waals surface area contributed by atoms with Crippen LogP contribution in [0.5, 0.6) is 0 Å². The second-order valence-electron chi connectivity index (χ2n) is 5.63. The fraction of sp³-hybridized carbons (Fsp3) is 0.467. The highest BCUT2D eigenvalue weighted by molar-refractivity contribution is 5.87. The molecule has 0 radical (unpaired) electrons. The van der Waals surface area contributed by atoms with Gasteiger partial charge in [0, 0.05) is 11.8 Å². The molecule has 1 aromatic carbocycles. The highest BCUT2D eigenvalue weighted by Gasteiger charge is 2.28. The summed E-state index contributed by atoms with van der Waals surface area (Å²) in [6.07, 6.45) is 0.187. The molecule has 0 saturated heterocycles. The van der Waals surface area contributed by atoms with Gasteiger partial charge in [-0.1, -0.05) is 32.9 Å². The second kappa shape index (κ2) is 6.50. The minimum Gasteiger partial charge on any atom is -0.467 e. The molecule has 0 aliphatic carbocycles. The number of halogens is 1. The van der Waals surface area contributed by atoms with Gasteiger partial charge in [0.1, 0.15) is 11.9 Å². The minimum atomic E-state index is -0.825. The van der Waals surface area contributed by atoms with Gasteiger partial charge in [-0.2, -0.15) is 0 Å². The summed E-state index contributed by atoms with van der Waals surface area (Å²) in [5.74, 6) is -1.19. The average molecular weight is 281 g/mol. The Morgan fingerprint density at radius 3 is 2.50 bits per heavy atom. The van der Waals surface area contributed by atoms with Gasteiger partial charge in [-0.25, -0.2) is 9.18 Å². The minimum absolute atomic E-state index is 0.187. The highest BCUT2D eigenvalue weighted by atomic mass is 19.1. The number of carbonyl (C=O) groups is 2. The number of benzene rings is 1. The fourth-order valence-corrected chi connectivity index (χ4v) is 1.61. The fourth-order valence-electron chi connectivity index (χ4n) is 1.61. The first-order valence-electron chi connectivity index (χ1n) is 6.37. The van der Waals surface area contributed by atoms with Gasteiger partial charge < -0.3 is 10.1 Å². The molecule has 1 rings (SSSR count). The molecule has 110 valence electrons. The summed E-state index contributed by atoms with van der Waals surface area (Å²) in [6, 6.07) is 5.09. The number of rotatable bonds is 4. The van der Waals surface area contributed by atoms with E-state index in [4.69, 9.17) is 0 Å². The molecule has 0 saturated carbocycles. The summed E-state index contributed by atoms with van der Waals surface area (Å²) < 4.78 is 17.8. The summed E-state index contributed by atoms with van der Waals surface area (Å²) in [5, 5.41) is 2.64. The molecule has 0 aliphatic heterocycles. The molecule has 1 amide bonds. The first-order valence-corrected chi connectivity index (χ1v) is 6.37. The molecule has 4 nitrogen and oxygen atoms in total. The number of hydrogen-bond donors (Lipinski definition) is 1. The van der Waals surface area contributed by atoms with Gasteiger partial charge in [-0.15, -0.1) is 0 Å². The number of nitrogens with one attached hydrogen (secondary N) is 1. The van der Waals surface area contributed by atoms with E-state index in [2.05, 4.69) is 10.1 Å². The second-order valence-corrected chi connectivity index (χ2v) is 5.63. The van der Waals surface area contributed by atoms with Crippen molar-refractivity contribution in [2.45, 2.75) is 33.2 Å². The van der Waals surface area contributed by atoms with Crippen molar-refractivity contribution >= 4 is 11.9 Å². The first-order chi connectivity index (χ1) is 9.24. The standard InChI is InChI=1S/C15H20FNO3/c1-15(2,3)14(19)17-12(13(18)20-4)9-10-6-5-7-11(16)8-10/h5-8,12H,9H2,1-4H3,(H,17,19)/t12-/m1/s1. The van der Waals surface area contributed by atoms with Crippen LogP contribution in [0, 0.1) is 11.2 Å². The lowest BCUT2D eigenvalue weighted by Gasteiger charge is -2.23. The lowest BCUT2D eigenvalue weighted by atomic mass is 9.94. The molecule has 0 aromatic heterocycles. The lowest BCUT2D eigenvalue weighted by molar-refractivity contribution is -0.146. The predicted molar refractivity (Wildman–Crippen MR) is 73.5 cm³/mol. The van der Waals surface area contributed by atoms with Crippen molar-refractivity contribution in [3.63, 3.8) is 0 Å². The van der Waals surface area contributed by atoms with Crippen LogP contribution in [0.1, 0.15) is 26.3 Å². The monoisotopic (exact) mass is 281 g/mol. The summed E-state index contributed by atoms with van der Waals surface area (Å²) >= 11 is 0. The average Bonchev–Trinajstić information content (AvgIpc) is 2.35. The van der Waals surface area contributed by atoms with Crippen molar-refractivity contribution in [3.8, 4) is 0 Å². The Kier molecular flexibility index (Phi) is 5.25. The molecular formula is C15H20FNO3. The van der Waals surface area contributed by atoms with E-state index in [1.165, 1.54) is 19.2 Å². The van der Waals surface area contributed by atoms with Gasteiger partial charge in [0.2, 0.25) is 5.91 Å². The van der Waals surface area contributed by atoms with Crippen LogP contribution < -0.4 is 5.32 Å². The Bertz CT molecular complexity index is 494. The van der Waals surface area contributed by atoms with Gasteiger partial charge >= 0.3 is 5.97 Å². The van der Waals surface area contributed by atoms with Gasteiger partial charge in [0.05, 0.1) is 7.11 Å². The quantitative estimate of drug-likeness (QED) is 0.860. The zero-order chi connectivity index (χ0) is 15.3. The number of amides is 1. The predicted octanol–water partition coefficient (Wildman–Crippen LogP) is 2.07. The van der Waals surface area contributed by atoms with E-state index in [0.29, 0.717) is 5.56 Å². The van der Waals surface area contributed by atoms with Gasteiger partial charge in [-0.05, 0) is 17.7 Å². The Morgan fingerprint density at radius 1 is 1.35 bits per heavy atom.